The van der Waals surface area contributed by atoms with Gasteiger partial charge in [-0.15, -0.1) is 0 Å². The minimum Gasteiger partial charge on any atom is -0.393 e. The van der Waals surface area contributed by atoms with E-state index < -0.39 is 6.04 Å². The summed E-state index contributed by atoms with van der Waals surface area (Å²) >= 11 is 0. The molecule has 1 heterocycles. The van der Waals surface area contributed by atoms with Gasteiger partial charge in [-0.25, -0.2) is 14.2 Å². The maximum absolute atomic E-state index is 13.6. The van der Waals surface area contributed by atoms with Crippen LogP contribution in [0.3, 0.4) is 0 Å². The summed E-state index contributed by atoms with van der Waals surface area (Å²) in [6, 6.07) is 5.31. The summed E-state index contributed by atoms with van der Waals surface area (Å²) in [6.45, 7) is 0. The molecule has 1 saturated carbocycles. The van der Waals surface area contributed by atoms with Crippen LogP contribution < -0.4 is 10.6 Å². The van der Waals surface area contributed by atoms with Crippen LogP contribution in [0.15, 0.2) is 36.7 Å². The van der Waals surface area contributed by atoms with Crippen molar-refractivity contribution in [2.24, 2.45) is 7.05 Å². The molecule has 1 aromatic heterocycles. The van der Waals surface area contributed by atoms with Crippen LogP contribution in [0.2, 0.25) is 0 Å². The predicted octanol–water partition coefficient (Wildman–Crippen LogP) is 2.25. The summed E-state index contributed by atoms with van der Waals surface area (Å²) in [5.41, 5.74) is 0.628. The average Bonchev–Trinajstić information content (AvgIpc) is 3.00. The number of carbonyl (C=O) groups is 1. The number of hydrogen-bond acceptors (Lipinski definition) is 3. The maximum Gasteiger partial charge on any atom is 0.315 e. The molecule has 1 fully saturated rings. The van der Waals surface area contributed by atoms with Crippen molar-refractivity contribution in [1.82, 2.24) is 20.2 Å². The van der Waals surface area contributed by atoms with E-state index in [2.05, 4.69) is 15.6 Å². The zero-order valence-corrected chi connectivity index (χ0v) is 14.2. The second-order valence-electron chi connectivity index (χ2n) is 6.51. The molecule has 25 heavy (non-hydrogen) atoms. The zero-order valence-electron chi connectivity index (χ0n) is 14.2. The number of carbonyl (C=O) groups excluding carboxylic acids is 1. The van der Waals surface area contributed by atoms with Crippen LogP contribution in [0.1, 0.15) is 43.1 Å². The van der Waals surface area contributed by atoms with E-state index in [0.717, 1.165) is 12.8 Å². The third kappa shape index (κ3) is 4.36. The number of nitrogens with one attached hydrogen (secondary N) is 2. The van der Waals surface area contributed by atoms with Crippen molar-refractivity contribution in [3.05, 3.63) is 53.9 Å². The molecular formula is C18H23FN4O2. The molecule has 0 spiro atoms. The summed E-state index contributed by atoms with van der Waals surface area (Å²) < 4.78 is 15.4. The Morgan fingerprint density at radius 2 is 2.12 bits per heavy atom. The van der Waals surface area contributed by atoms with Gasteiger partial charge in [0.05, 0.1) is 6.10 Å². The first-order chi connectivity index (χ1) is 12.0. The minimum absolute atomic E-state index is 0.0398. The number of benzene rings is 1. The lowest BCUT2D eigenvalue weighted by atomic mass is 9.93. The van der Waals surface area contributed by atoms with Gasteiger partial charge in [0.2, 0.25) is 0 Å². The molecule has 134 valence electrons. The number of amides is 2. The second-order valence-corrected chi connectivity index (χ2v) is 6.51. The van der Waals surface area contributed by atoms with Gasteiger partial charge >= 0.3 is 6.03 Å². The van der Waals surface area contributed by atoms with Crippen molar-refractivity contribution in [3.63, 3.8) is 0 Å². The van der Waals surface area contributed by atoms with Crippen molar-refractivity contribution in [2.75, 3.05) is 0 Å². The van der Waals surface area contributed by atoms with E-state index >= 15 is 0 Å². The molecule has 0 saturated heterocycles. The predicted molar refractivity (Wildman–Crippen MR) is 91.4 cm³/mol. The summed E-state index contributed by atoms with van der Waals surface area (Å²) in [4.78, 5) is 16.7. The Bertz CT molecular complexity index is 725. The highest BCUT2D eigenvalue weighted by atomic mass is 19.1. The quantitative estimate of drug-likeness (QED) is 0.794. The first kappa shape index (κ1) is 17.4. The summed E-state index contributed by atoms with van der Waals surface area (Å²) in [5.74, 6) is 0.264. The molecule has 0 bridgehead atoms. The van der Waals surface area contributed by atoms with Gasteiger partial charge in [-0.05, 0) is 43.4 Å². The fraction of sp³-hybridized carbons (Fsp3) is 0.444. The number of nitrogens with zero attached hydrogens (tertiary/aromatic N) is 2. The largest absolute Gasteiger partial charge is 0.393 e. The van der Waals surface area contributed by atoms with Crippen molar-refractivity contribution >= 4 is 6.03 Å². The highest BCUT2D eigenvalue weighted by Gasteiger charge is 2.24. The van der Waals surface area contributed by atoms with E-state index in [-0.39, 0.29) is 24.0 Å². The maximum atomic E-state index is 13.6. The Morgan fingerprint density at radius 3 is 2.76 bits per heavy atom. The van der Waals surface area contributed by atoms with Crippen LogP contribution >= 0.6 is 0 Å². The number of imidazole rings is 1. The molecule has 6 nitrogen and oxygen atoms in total. The Morgan fingerprint density at radius 1 is 1.36 bits per heavy atom. The first-order valence-electron chi connectivity index (χ1n) is 8.50. The molecule has 2 aromatic rings. The second kappa shape index (κ2) is 7.65. The first-order valence-corrected chi connectivity index (χ1v) is 8.50. The molecule has 1 aliphatic carbocycles. The number of rotatable bonds is 4. The van der Waals surface area contributed by atoms with Gasteiger partial charge in [-0.2, -0.15) is 0 Å². The number of aromatic nitrogens is 2. The van der Waals surface area contributed by atoms with E-state index in [1.165, 1.54) is 12.1 Å². The smallest absolute Gasteiger partial charge is 0.315 e. The average molecular weight is 346 g/mol. The van der Waals surface area contributed by atoms with Crippen molar-refractivity contribution < 1.29 is 14.3 Å². The molecule has 1 aliphatic rings. The van der Waals surface area contributed by atoms with Gasteiger partial charge in [0.15, 0.2) is 0 Å². The van der Waals surface area contributed by atoms with Gasteiger partial charge in [0.25, 0.3) is 0 Å². The number of aryl methyl sites for hydroxylation is 1. The van der Waals surface area contributed by atoms with E-state index in [1.807, 2.05) is 7.05 Å². The number of urea groups is 1. The van der Waals surface area contributed by atoms with Gasteiger partial charge in [-0.1, -0.05) is 12.1 Å². The fourth-order valence-electron chi connectivity index (χ4n) is 3.22. The normalized spacial score (nSPS) is 21.6. The van der Waals surface area contributed by atoms with Crippen LogP contribution in [0, 0.1) is 5.82 Å². The standard InChI is InChI=1S/C18H23FN4O2/c1-23-10-9-20-17(23)16(12-3-2-4-13(19)11-12)22-18(25)21-14-5-7-15(24)8-6-14/h2-4,9-11,14-16,24H,5-8H2,1H3,(H2,21,22,25)/t14?,15?,16-/m1/s1. The summed E-state index contributed by atoms with van der Waals surface area (Å²) in [5, 5.41) is 15.4. The van der Waals surface area contributed by atoms with Gasteiger partial charge < -0.3 is 20.3 Å². The highest BCUT2D eigenvalue weighted by Crippen LogP contribution is 2.22. The third-order valence-electron chi connectivity index (χ3n) is 4.61. The van der Waals surface area contributed by atoms with Crippen LogP contribution in [-0.2, 0) is 7.05 Å². The SMILES string of the molecule is Cn1ccnc1[C@H](NC(=O)NC1CCC(O)CC1)c1cccc(F)c1. The number of hydrogen-bond donors (Lipinski definition) is 3. The fourth-order valence-corrected chi connectivity index (χ4v) is 3.22. The molecule has 7 heteroatoms. The minimum atomic E-state index is -0.551. The molecule has 0 radical (unpaired) electrons. The van der Waals surface area contributed by atoms with E-state index in [1.54, 1.807) is 29.1 Å². The molecular weight excluding hydrogens is 323 g/mol. The Hall–Kier alpha value is -2.41. The molecule has 1 atom stereocenters. The molecule has 0 aliphatic heterocycles. The summed E-state index contributed by atoms with van der Waals surface area (Å²) in [6.07, 6.45) is 6.04. The molecule has 3 rings (SSSR count). The van der Waals surface area contributed by atoms with Crippen LogP contribution in [0.4, 0.5) is 9.18 Å². The lowest BCUT2D eigenvalue weighted by Crippen LogP contribution is -2.45. The monoisotopic (exact) mass is 346 g/mol. The third-order valence-corrected chi connectivity index (χ3v) is 4.61. The highest BCUT2D eigenvalue weighted by molar-refractivity contribution is 5.75. The van der Waals surface area contributed by atoms with Gasteiger partial charge in [0.1, 0.15) is 17.7 Å². The Kier molecular flexibility index (Phi) is 5.33. The van der Waals surface area contributed by atoms with E-state index in [4.69, 9.17) is 0 Å². The van der Waals surface area contributed by atoms with Crippen LogP contribution in [-0.4, -0.2) is 32.8 Å². The van der Waals surface area contributed by atoms with E-state index in [0.29, 0.717) is 24.2 Å². The van der Waals surface area contributed by atoms with E-state index in [9.17, 15) is 14.3 Å². The lowest BCUT2D eigenvalue weighted by Gasteiger charge is -2.27. The molecule has 1 aromatic carbocycles. The molecule has 3 N–H and O–H groups in total. The zero-order chi connectivity index (χ0) is 17.8. The van der Waals surface area contributed by atoms with Crippen LogP contribution in [0.5, 0.6) is 0 Å². The summed E-state index contributed by atoms with van der Waals surface area (Å²) in [7, 11) is 1.83. The number of aliphatic hydroxyl groups excluding tert-OH is 1. The van der Waals surface area contributed by atoms with Gasteiger partial charge in [-0.3, -0.25) is 0 Å². The lowest BCUT2D eigenvalue weighted by molar-refractivity contribution is 0.117. The Balaban J connectivity index is 1.74. The number of halogens is 1. The Labute approximate surface area is 146 Å². The van der Waals surface area contributed by atoms with Crippen molar-refractivity contribution in [1.29, 1.82) is 0 Å². The topological polar surface area (TPSA) is 79.2 Å². The molecule has 0 unspecified atom stereocenters. The van der Waals surface area contributed by atoms with Crippen LogP contribution in [0.25, 0.3) is 0 Å². The van der Waals surface area contributed by atoms with Crippen molar-refractivity contribution in [2.45, 2.75) is 43.9 Å². The molecule has 2 amide bonds. The number of aliphatic hydroxyl groups is 1. The van der Waals surface area contributed by atoms with Crippen molar-refractivity contribution in [3.8, 4) is 0 Å². The van der Waals surface area contributed by atoms with Gasteiger partial charge in [0, 0.05) is 25.5 Å².